The van der Waals surface area contributed by atoms with Crippen LogP contribution in [0, 0.1) is 11.6 Å². The molecule has 0 radical (unpaired) electrons. The number of hydrogen-bond donors (Lipinski definition) is 1. The Labute approximate surface area is 108 Å². The number of nitrogens with one attached hydrogen (secondary N) is 1. The molecule has 0 spiro atoms. The lowest BCUT2D eigenvalue weighted by Crippen LogP contribution is -2.30. The van der Waals surface area contributed by atoms with Gasteiger partial charge in [0.05, 0.1) is 24.0 Å². The number of ether oxygens (including phenoxy) is 1. The number of carbonyl (C=O) groups is 1. The molecule has 0 aliphatic rings. The third-order valence-electron chi connectivity index (χ3n) is 2.61. The lowest BCUT2D eigenvalue weighted by atomic mass is 10.3. The maximum absolute atomic E-state index is 13.2. The summed E-state index contributed by atoms with van der Waals surface area (Å²) in [5, 5.41) is 2.63. The van der Waals surface area contributed by atoms with Crippen molar-refractivity contribution in [1.82, 2.24) is 14.9 Å². The van der Waals surface area contributed by atoms with Crippen molar-refractivity contribution in [3.63, 3.8) is 0 Å². The van der Waals surface area contributed by atoms with Crippen LogP contribution in [-0.2, 0) is 16.1 Å². The van der Waals surface area contributed by atoms with Crippen LogP contribution in [0.15, 0.2) is 18.5 Å². The molecule has 0 atom stereocenters. The van der Waals surface area contributed by atoms with Gasteiger partial charge in [-0.1, -0.05) is 0 Å². The Morgan fingerprint density at radius 2 is 2.16 bits per heavy atom. The molecule has 0 saturated carbocycles. The Morgan fingerprint density at radius 3 is 2.89 bits per heavy atom. The van der Waals surface area contributed by atoms with Crippen LogP contribution in [0.25, 0.3) is 11.0 Å². The van der Waals surface area contributed by atoms with Crippen LogP contribution < -0.4 is 5.32 Å². The molecule has 19 heavy (non-hydrogen) atoms. The van der Waals surface area contributed by atoms with Crippen molar-refractivity contribution in [1.29, 1.82) is 0 Å². The van der Waals surface area contributed by atoms with Gasteiger partial charge < -0.3 is 14.6 Å². The lowest BCUT2D eigenvalue weighted by molar-refractivity contribution is -0.121. The topological polar surface area (TPSA) is 56.1 Å². The molecule has 1 aromatic carbocycles. The lowest BCUT2D eigenvalue weighted by Gasteiger charge is -2.06. The Bertz CT molecular complexity index is 598. The van der Waals surface area contributed by atoms with E-state index in [0.29, 0.717) is 24.2 Å². The molecule has 2 aromatic rings. The highest BCUT2D eigenvalue weighted by Crippen LogP contribution is 2.17. The molecule has 5 nitrogen and oxygen atoms in total. The zero-order chi connectivity index (χ0) is 13.8. The molecule has 1 amide bonds. The maximum Gasteiger partial charge on any atom is 0.240 e. The van der Waals surface area contributed by atoms with Crippen LogP contribution in [0.5, 0.6) is 0 Å². The van der Waals surface area contributed by atoms with Crippen molar-refractivity contribution in [3.8, 4) is 0 Å². The largest absolute Gasteiger partial charge is 0.383 e. The highest BCUT2D eigenvalue weighted by molar-refractivity contribution is 5.80. The number of aromatic nitrogens is 2. The van der Waals surface area contributed by atoms with E-state index >= 15 is 0 Å². The summed E-state index contributed by atoms with van der Waals surface area (Å²) in [6.07, 6.45) is 1.37. The first kappa shape index (κ1) is 13.4. The fraction of sp³-hybridized carbons (Fsp3) is 0.333. The summed E-state index contributed by atoms with van der Waals surface area (Å²) in [4.78, 5) is 15.5. The van der Waals surface area contributed by atoms with Crippen LogP contribution in [-0.4, -0.2) is 35.7 Å². The van der Waals surface area contributed by atoms with Crippen LogP contribution >= 0.6 is 0 Å². The average Bonchev–Trinajstić information content (AvgIpc) is 2.73. The van der Waals surface area contributed by atoms with Gasteiger partial charge in [0.25, 0.3) is 0 Å². The first-order valence-electron chi connectivity index (χ1n) is 5.67. The highest BCUT2D eigenvalue weighted by Gasteiger charge is 2.11. The molecule has 1 N–H and O–H groups in total. The van der Waals surface area contributed by atoms with Gasteiger partial charge in [0.15, 0.2) is 11.6 Å². The number of methoxy groups -OCH3 is 1. The molecule has 0 aliphatic heterocycles. The van der Waals surface area contributed by atoms with Gasteiger partial charge in [-0.05, 0) is 0 Å². The van der Waals surface area contributed by atoms with Crippen molar-refractivity contribution in [2.45, 2.75) is 6.54 Å². The molecule has 2 rings (SSSR count). The molecule has 1 aromatic heterocycles. The quantitative estimate of drug-likeness (QED) is 0.826. The second-order valence-electron chi connectivity index (χ2n) is 3.97. The van der Waals surface area contributed by atoms with Crippen molar-refractivity contribution < 1.29 is 18.3 Å². The number of hydrogen-bond acceptors (Lipinski definition) is 3. The van der Waals surface area contributed by atoms with Crippen molar-refractivity contribution in [3.05, 3.63) is 30.1 Å². The maximum atomic E-state index is 13.2. The van der Waals surface area contributed by atoms with Crippen LogP contribution in [0.1, 0.15) is 0 Å². The van der Waals surface area contributed by atoms with Crippen molar-refractivity contribution in [2.75, 3.05) is 20.3 Å². The number of amides is 1. The predicted molar refractivity (Wildman–Crippen MR) is 64.5 cm³/mol. The van der Waals surface area contributed by atoms with E-state index in [2.05, 4.69) is 10.3 Å². The van der Waals surface area contributed by atoms with Crippen molar-refractivity contribution in [2.24, 2.45) is 0 Å². The number of carbonyl (C=O) groups excluding carboxylic acids is 1. The van der Waals surface area contributed by atoms with E-state index in [0.717, 1.165) is 12.1 Å². The van der Waals surface area contributed by atoms with E-state index in [4.69, 9.17) is 4.74 Å². The van der Waals surface area contributed by atoms with Gasteiger partial charge in [-0.25, -0.2) is 13.8 Å². The first-order valence-corrected chi connectivity index (χ1v) is 5.67. The minimum absolute atomic E-state index is 0.00864. The molecule has 0 fully saturated rings. The molecule has 1 heterocycles. The van der Waals surface area contributed by atoms with Crippen molar-refractivity contribution >= 4 is 16.9 Å². The summed E-state index contributed by atoms with van der Waals surface area (Å²) in [5.41, 5.74) is 0.685. The van der Waals surface area contributed by atoms with Gasteiger partial charge in [-0.2, -0.15) is 0 Å². The zero-order valence-electron chi connectivity index (χ0n) is 10.3. The summed E-state index contributed by atoms with van der Waals surface area (Å²) >= 11 is 0. The Morgan fingerprint density at radius 1 is 1.42 bits per heavy atom. The molecule has 0 saturated heterocycles. The van der Waals surface area contributed by atoms with E-state index in [1.165, 1.54) is 18.0 Å². The summed E-state index contributed by atoms with van der Waals surface area (Å²) in [5.74, 6) is -2.17. The van der Waals surface area contributed by atoms with E-state index in [1.54, 1.807) is 0 Å². The summed E-state index contributed by atoms with van der Waals surface area (Å²) in [6, 6.07) is 2.03. The Balaban J connectivity index is 2.13. The van der Waals surface area contributed by atoms with Gasteiger partial charge >= 0.3 is 0 Å². The number of fused-ring (bicyclic) bond motifs is 1. The van der Waals surface area contributed by atoms with Gasteiger partial charge in [0.1, 0.15) is 6.54 Å². The number of halogens is 2. The smallest absolute Gasteiger partial charge is 0.240 e. The second kappa shape index (κ2) is 5.75. The standard InChI is InChI=1S/C12H13F2N3O2/c1-19-3-2-15-12(18)6-17-7-16-10-4-8(13)9(14)5-11(10)17/h4-5,7H,2-3,6H2,1H3,(H,15,18). The minimum Gasteiger partial charge on any atom is -0.383 e. The monoisotopic (exact) mass is 269 g/mol. The summed E-state index contributed by atoms with van der Waals surface area (Å²) in [6.45, 7) is 0.798. The normalized spacial score (nSPS) is 10.9. The number of rotatable bonds is 5. The Hall–Kier alpha value is -2.02. The van der Waals surface area contributed by atoms with E-state index in [1.807, 2.05) is 0 Å². The third kappa shape index (κ3) is 3.05. The van der Waals surface area contributed by atoms with Gasteiger partial charge in [0, 0.05) is 25.8 Å². The minimum atomic E-state index is -0.964. The highest BCUT2D eigenvalue weighted by atomic mass is 19.2. The third-order valence-corrected chi connectivity index (χ3v) is 2.61. The molecule has 0 unspecified atom stereocenters. The molecule has 0 aliphatic carbocycles. The first-order chi connectivity index (χ1) is 9.11. The fourth-order valence-electron chi connectivity index (χ4n) is 1.68. The Kier molecular flexibility index (Phi) is 4.06. The predicted octanol–water partition coefficient (Wildman–Crippen LogP) is 1.08. The molecule has 102 valence electrons. The SMILES string of the molecule is COCCNC(=O)Cn1cnc2cc(F)c(F)cc21. The molecular weight excluding hydrogens is 256 g/mol. The van der Waals surface area contributed by atoms with E-state index in [-0.39, 0.29) is 12.5 Å². The molecular formula is C12H13F2N3O2. The number of benzene rings is 1. The molecule has 7 heteroatoms. The van der Waals surface area contributed by atoms with Crippen LogP contribution in [0.2, 0.25) is 0 Å². The molecule has 0 bridgehead atoms. The summed E-state index contributed by atoms with van der Waals surface area (Å²) < 4.78 is 32.4. The number of imidazole rings is 1. The van der Waals surface area contributed by atoms with Gasteiger partial charge in [0.2, 0.25) is 5.91 Å². The van der Waals surface area contributed by atoms with Gasteiger partial charge in [-0.15, -0.1) is 0 Å². The zero-order valence-corrected chi connectivity index (χ0v) is 10.3. The second-order valence-corrected chi connectivity index (χ2v) is 3.97. The average molecular weight is 269 g/mol. The van der Waals surface area contributed by atoms with Gasteiger partial charge in [-0.3, -0.25) is 4.79 Å². The number of nitrogens with zero attached hydrogens (tertiary/aromatic N) is 2. The van der Waals surface area contributed by atoms with E-state index < -0.39 is 11.6 Å². The van der Waals surface area contributed by atoms with E-state index in [9.17, 15) is 13.6 Å². The fourth-order valence-corrected chi connectivity index (χ4v) is 1.68. The van der Waals surface area contributed by atoms with Crippen LogP contribution in [0.4, 0.5) is 8.78 Å². The van der Waals surface area contributed by atoms with Crippen LogP contribution in [0.3, 0.4) is 0 Å². The summed E-state index contributed by atoms with van der Waals surface area (Å²) in [7, 11) is 1.53.